The van der Waals surface area contributed by atoms with Gasteiger partial charge in [0.2, 0.25) is 0 Å². The van der Waals surface area contributed by atoms with Crippen LogP contribution in [-0.4, -0.2) is 13.2 Å². The van der Waals surface area contributed by atoms with Gasteiger partial charge in [0.25, 0.3) is 0 Å². The third kappa shape index (κ3) is 2.92. The third-order valence-electron chi connectivity index (χ3n) is 3.98. The van der Waals surface area contributed by atoms with E-state index in [1.165, 1.54) is 16.7 Å². The molecule has 1 aliphatic rings. The maximum absolute atomic E-state index is 6.04. The number of hydrogen-bond acceptors (Lipinski definition) is 2. The van der Waals surface area contributed by atoms with Gasteiger partial charge in [-0.05, 0) is 23.1 Å². The first-order valence-electron chi connectivity index (χ1n) is 7.35. The minimum absolute atomic E-state index is 0.167. The summed E-state index contributed by atoms with van der Waals surface area (Å²) in [6.07, 6.45) is 1.25. The zero-order valence-corrected chi connectivity index (χ0v) is 11.9. The lowest BCUT2D eigenvalue weighted by Crippen LogP contribution is -2.36. The van der Waals surface area contributed by atoms with Crippen molar-refractivity contribution in [1.82, 2.24) is 5.32 Å². The molecule has 1 fully saturated rings. The Balaban J connectivity index is 1.63. The standard InChI is InChI=1S/C18H21NO/c1-2-14-8-10-16(11-9-14)18-12-19-17(13-20-18)15-6-4-3-5-7-15/h3-11,17-19H,2,12-13H2,1H3. The number of nitrogens with one attached hydrogen (secondary N) is 1. The molecule has 0 spiro atoms. The molecule has 3 rings (SSSR count). The second-order valence-corrected chi connectivity index (χ2v) is 5.29. The van der Waals surface area contributed by atoms with E-state index in [1.807, 2.05) is 6.07 Å². The van der Waals surface area contributed by atoms with Gasteiger partial charge >= 0.3 is 0 Å². The molecule has 0 aliphatic carbocycles. The van der Waals surface area contributed by atoms with Crippen LogP contribution in [-0.2, 0) is 11.2 Å². The topological polar surface area (TPSA) is 21.3 Å². The molecule has 2 aromatic rings. The zero-order chi connectivity index (χ0) is 13.8. The summed E-state index contributed by atoms with van der Waals surface area (Å²) >= 11 is 0. The second kappa shape index (κ2) is 6.21. The van der Waals surface area contributed by atoms with Crippen molar-refractivity contribution in [3.8, 4) is 0 Å². The Labute approximate surface area is 120 Å². The summed E-state index contributed by atoms with van der Waals surface area (Å²) in [6.45, 7) is 3.77. The first-order chi connectivity index (χ1) is 9.86. The summed E-state index contributed by atoms with van der Waals surface area (Å²) in [7, 11) is 0. The molecule has 20 heavy (non-hydrogen) atoms. The highest BCUT2D eigenvalue weighted by Crippen LogP contribution is 2.25. The van der Waals surface area contributed by atoms with E-state index in [4.69, 9.17) is 4.74 Å². The van der Waals surface area contributed by atoms with Crippen LogP contribution in [0.1, 0.15) is 35.8 Å². The van der Waals surface area contributed by atoms with Gasteiger partial charge in [0.05, 0.1) is 18.8 Å². The van der Waals surface area contributed by atoms with Crippen LogP contribution >= 0.6 is 0 Å². The average molecular weight is 267 g/mol. The first kappa shape index (κ1) is 13.3. The van der Waals surface area contributed by atoms with E-state index in [9.17, 15) is 0 Å². The van der Waals surface area contributed by atoms with Gasteiger partial charge in [-0.15, -0.1) is 0 Å². The Morgan fingerprint density at radius 3 is 2.35 bits per heavy atom. The van der Waals surface area contributed by atoms with E-state index >= 15 is 0 Å². The van der Waals surface area contributed by atoms with Crippen molar-refractivity contribution in [3.05, 3.63) is 71.3 Å². The summed E-state index contributed by atoms with van der Waals surface area (Å²) in [4.78, 5) is 0. The summed E-state index contributed by atoms with van der Waals surface area (Å²) in [5, 5.41) is 3.59. The van der Waals surface area contributed by atoms with E-state index in [1.54, 1.807) is 0 Å². The number of morpholine rings is 1. The van der Waals surface area contributed by atoms with Crippen molar-refractivity contribution in [2.24, 2.45) is 0 Å². The highest BCUT2D eigenvalue weighted by atomic mass is 16.5. The van der Waals surface area contributed by atoms with Crippen LogP contribution < -0.4 is 5.32 Å². The number of benzene rings is 2. The maximum atomic E-state index is 6.04. The molecule has 0 aromatic heterocycles. The van der Waals surface area contributed by atoms with E-state index in [2.05, 4.69) is 60.8 Å². The van der Waals surface area contributed by atoms with Gasteiger partial charge in [0.15, 0.2) is 0 Å². The average Bonchev–Trinajstić information content (AvgIpc) is 2.56. The lowest BCUT2D eigenvalue weighted by molar-refractivity contribution is 0.00237. The summed E-state index contributed by atoms with van der Waals surface area (Å²) < 4.78 is 6.04. The molecule has 0 amide bonds. The molecule has 2 aromatic carbocycles. The normalized spacial score (nSPS) is 22.6. The quantitative estimate of drug-likeness (QED) is 0.916. The van der Waals surface area contributed by atoms with Crippen molar-refractivity contribution in [3.63, 3.8) is 0 Å². The molecule has 1 aliphatic heterocycles. The third-order valence-corrected chi connectivity index (χ3v) is 3.98. The predicted molar refractivity (Wildman–Crippen MR) is 81.7 cm³/mol. The number of hydrogen-bond donors (Lipinski definition) is 1. The lowest BCUT2D eigenvalue weighted by atomic mass is 10.0. The summed E-state index contributed by atoms with van der Waals surface area (Å²) in [5.41, 5.74) is 3.94. The smallest absolute Gasteiger partial charge is 0.0950 e. The van der Waals surface area contributed by atoms with E-state index in [0.717, 1.165) is 19.6 Å². The second-order valence-electron chi connectivity index (χ2n) is 5.29. The van der Waals surface area contributed by atoms with Gasteiger partial charge in [-0.1, -0.05) is 61.5 Å². The molecule has 0 bridgehead atoms. The maximum Gasteiger partial charge on any atom is 0.0950 e. The SMILES string of the molecule is CCc1ccc(C2CNC(c3ccccc3)CO2)cc1. The zero-order valence-electron chi connectivity index (χ0n) is 11.9. The molecule has 1 N–H and O–H groups in total. The number of aryl methyl sites for hydroxylation is 1. The fourth-order valence-corrected chi connectivity index (χ4v) is 2.66. The fourth-order valence-electron chi connectivity index (χ4n) is 2.66. The molecule has 0 radical (unpaired) electrons. The molecular weight excluding hydrogens is 246 g/mol. The largest absolute Gasteiger partial charge is 0.370 e. The van der Waals surface area contributed by atoms with Gasteiger partial charge in [-0.3, -0.25) is 0 Å². The first-order valence-corrected chi connectivity index (χ1v) is 7.35. The van der Waals surface area contributed by atoms with Crippen molar-refractivity contribution in [1.29, 1.82) is 0 Å². The minimum Gasteiger partial charge on any atom is -0.370 e. The molecule has 0 saturated carbocycles. The number of rotatable bonds is 3. The summed E-state index contributed by atoms with van der Waals surface area (Å²) in [6, 6.07) is 19.6. The highest BCUT2D eigenvalue weighted by Gasteiger charge is 2.23. The Morgan fingerprint density at radius 1 is 1.00 bits per heavy atom. The predicted octanol–water partition coefficient (Wildman–Crippen LogP) is 3.65. The molecule has 1 saturated heterocycles. The summed E-state index contributed by atoms with van der Waals surface area (Å²) in [5.74, 6) is 0. The van der Waals surface area contributed by atoms with Gasteiger partial charge in [0.1, 0.15) is 0 Å². The lowest BCUT2D eigenvalue weighted by Gasteiger charge is -2.31. The molecule has 2 unspecified atom stereocenters. The van der Waals surface area contributed by atoms with Crippen LogP contribution in [0.5, 0.6) is 0 Å². The molecule has 104 valence electrons. The van der Waals surface area contributed by atoms with Gasteiger partial charge in [-0.2, -0.15) is 0 Å². The van der Waals surface area contributed by atoms with Crippen LogP contribution in [0, 0.1) is 0 Å². The Bertz CT molecular complexity index is 527. The molecular formula is C18H21NO. The van der Waals surface area contributed by atoms with Crippen molar-refractivity contribution in [2.75, 3.05) is 13.2 Å². The fraction of sp³-hybridized carbons (Fsp3) is 0.333. The molecule has 2 atom stereocenters. The monoisotopic (exact) mass is 267 g/mol. The van der Waals surface area contributed by atoms with Gasteiger partial charge in [-0.25, -0.2) is 0 Å². The Kier molecular flexibility index (Phi) is 4.14. The van der Waals surface area contributed by atoms with E-state index in [0.29, 0.717) is 6.04 Å². The van der Waals surface area contributed by atoms with Crippen molar-refractivity contribution < 1.29 is 4.74 Å². The molecule has 2 nitrogen and oxygen atoms in total. The van der Waals surface area contributed by atoms with Crippen LogP contribution in [0.2, 0.25) is 0 Å². The Morgan fingerprint density at radius 2 is 1.75 bits per heavy atom. The van der Waals surface area contributed by atoms with Gasteiger partial charge in [0, 0.05) is 6.54 Å². The van der Waals surface area contributed by atoms with Gasteiger partial charge < -0.3 is 10.1 Å². The van der Waals surface area contributed by atoms with Crippen LogP contribution in [0.3, 0.4) is 0 Å². The molecule has 1 heterocycles. The van der Waals surface area contributed by atoms with Crippen LogP contribution in [0.25, 0.3) is 0 Å². The van der Waals surface area contributed by atoms with Crippen molar-refractivity contribution in [2.45, 2.75) is 25.5 Å². The minimum atomic E-state index is 0.167. The highest BCUT2D eigenvalue weighted by molar-refractivity contribution is 5.25. The van der Waals surface area contributed by atoms with E-state index in [-0.39, 0.29) is 6.10 Å². The van der Waals surface area contributed by atoms with E-state index < -0.39 is 0 Å². The molecule has 2 heteroatoms. The number of ether oxygens (including phenoxy) is 1. The van der Waals surface area contributed by atoms with Crippen molar-refractivity contribution >= 4 is 0 Å². The van der Waals surface area contributed by atoms with Crippen LogP contribution in [0.4, 0.5) is 0 Å². The Hall–Kier alpha value is -1.64. The van der Waals surface area contributed by atoms with Crippen LogP contribution in [0.15, 0.2) is 54.6 Å².